The number of fused-ring (bicyclic) bond motifs is 1. The van der Waals surface area contributed by atoms with Crippen molar-refractivity contribution in [2.45, 2.75) is 44.8 Å². The fraction of sp³-hybridized carbons (Fsp3) is 0.244. The van der Waals surface area contributed by atoms with E-state index in [1.54, 1.807) is 43.9 Å². The van der Waals surface area contributed by atoms with Gasteiger partial charge in [-0.15, -0.1) is 0 Å². The normalized spacial score (nSPS) is 14.7. The Kier molecular flexibility index (Phi) is 10.4. The topological polar surface area (TPSA) is 103 Å². The minimum atomic E-state index is -1.08. The summed E-state index contributed by atoms with van der Waals surface area (Å²) in [5, 5.41) is 8.75. The van der Waals surface area contributed by atoms with Crippen LogP contribution in [0.15, 0.2) is 121 Å². The summed E-state index contributed by atoms with van der Waals surface area (Å²) in [5.41, 5.74) is 1.33. The molecule has 1 aromatic heterocycles. The van der Waals surface area contributed by atoms with Gasteiger partial charge in [0.15, 0.2) is 5.82 Å². The molecule has 1 saturated heterocycles. The highest BCUT2D eigenvalue weighted by Crippen LogP contribution is 2.44. The van der Waals surface area contributed by atoms with Crippen molar-refractivity contribution < 1.29 is 32.6 Å². The summed E-state index contributed by atoms with van der Waals surface area (Å²) in [7, 11) is 1.12. The van der Waals surface area contributed by atoms with E-state index in [4.69, 9.17) is 14.6 Å². The maximum absolute atomic E-state index is 15.6. The van der Waals surface area contributed by atoms with Crippen LogP contribution in [0, 0.1) is 17.6 Å². The number of hydrogen-bond donors (Lipinski definition) is 1. The third-order valence-electron chi connectivity index (χ3n) is 10.0. The number of ether oxygens (including phenoxy) is 2. The predicted molar refractivity (Wildman–Crippen MR) is 210 cm³/mol. The largest absolute Gasteiger partial charge is 0.465 e. The third-order valence-corrected chi connectivity index (χ3v) is 10.0. The van der Waals surface area contributed by atoms with Crippen LogP contribution in [0.4, 0.5) is 19.4 Å². The molecule has 1 unspecified atom stereocenters. The second-order valence-electron chi connectivity index (χ2n) is 14.9. The van der Waals surface area contributed by atoms with Crippen LogP contribution in [-0.4, -0.2) is 58.5 Å². The molecule has 9 nitrogen and oxygen atoms in total. The van der Waals surface area contributed by atoms with E-state index in [0.717, 1.165) is 29.9 Å². The van der Waals surface area contributed by atoms with Crippen LogP contribution < -0.4 is 5.32 Å². The molecule has 7 rings (SSSR count). The molecule has 11 heteroatoms. The second kappa shape index (κ2) is 15.4. The summed E-state index contributed by atoms with van der Waals surface area (Å²) in [6.45, 7) is 6.00. The Hall–Kier alpha value is -6.36. The molecule has 0 saturated carbocycles. The van der Waals surface area contributed by atoms with Crippen molar-refractivity contribution in [1.29, 1.82) is 0 Å². The van der Waals surface area contributed by atoms with E-state index >= 15 is 4.39 Å². The molecule has 5 aromatic carbocycles. The molecular formula is C45H42F2N4O5. The number of halogens is 2. The lowest BCUT2D eigenvalue weighted by molar-refractivity contribution is -0.121. The fourth-order valence-electron chi connectivity index (χ4n) is 7.48. The number of anilines is 1. The van der Waals surface area contributed by atoms with Crippen LogP contribution in [0.1, 0.15) is 60.7 Å². The molecule has 2 heterocycles. The van der Waals surface area contributed by atoms with Crippen LogP contribution in [0.5, 0.6) is 0 Å². The monoisotopic (exact) mass is 756 g/mol. The first-order valence-electron chi connectivity index (χ1n) is 18.5. The SMILES string of the molecule is COC(=O)c1cc(-c2ccc3c(c2)c(NC(=O)C2CCCN(C(=O)OC(C)(C)C)C2)nn3C(c2ccccc2)(c2ccccc2)c2ccccc2)c(F)cc1F. The van der Waals surface area contributed by atoms with Gasteiger partial charge in [-0.25, -0.2) is 23.1 Å². The minimum absolute atomic E-state index is 0.0422. The highest BCUT2D eigenvalue weighted by Gasteiger charge is 2.41. The van der Waals surface area contributed by atoms with Crippen molar-refractivity contribution in [3.63, 3.8) is 0 Å². The Morgan fingerprint density at radius 1 is 0.786 bits per heavy atom. The second-order valence-corrected chi connectivity index (χ2v) is 14.9. The van der Waals surface area contributed by atoms with Crippen molar-refractivity contribution in [2.75, 3.05) is 25.5 Å². The number of carbonyl (C=O) groups excluding carboxylic acids is 3. The molecule has 56 heavy (non-hydrogen) atoms. The van der Waals surface area contributed by atoms with Gasteiger partial charge in [0.05, 0.1) is 24.1 Å². The Bertz CT molecular complexity index is 2300. The van der Waals surface area contributed by atoms with Crippen molar-refractivity contribution >= 4 is 34.7 Å². The number of amides is 2. The molecule has 1 aliphatic heterocycles. The number of benzene rings is 5. The Balaban J connectivity index is 1.44. The molecule has 286 valence electrons. The van der Waals surface area contributed by atoms with Crippen molar-refractivity contribution in [1.82, 2.24) is 14.7 Å². The molecule has 1 atom stereocenters. The van der Waals surface area contributed by atoms with E-state index in [-0.39, 0.29) is 23.8 Å². The first kappa shape index (κ1) is 37.9. The number of hydrogen-bond acceptors (Lipinski definition) is 6. The van der Waals surface area contributed by atoms with Gasteiger partial charge in [0.1, 0.15) is 22.8 Å². The van der Waals surface area contributed by atoms with Crippen LogP contribution in [-0.2, 0) is 19.8 Å². The number of aromatic nitrogens is 2. The van der Waals surface area contributed by atoms with Gasteiger partial charge in [-0.2, -0.15) is 5.10 Å². The molecule has 0 aliphatic carbocycles. The molecule has 0 radical (unpaired) electrons. The predicted octanol–water partition coefficient (Wildman–Crippen LogP) is 9.19. The lowest BCUT2D eigenvalue weighted by atomic mass is 9.77. The van der Waals surface area contributed by atoms with Gasteiger partial charge in [-0.05, 0) is 74.1 Å². The maximum Gasteiger partial charge on any atom is 0.410 e. The minimum Gasteiger partial charge on any atom is -0.465 e. The third kappa shape index (κ3) is 7.24. The number of methoxy groups -OCH3 is 1. The lowest BCUT2D eigenvalue weighted by Gasteiger charge is -2.37. The highest BCUT2D eigenvalue weighted by atomic mass is 19.1. The molecule has 6 aromatic rings. The summed E-state index contributed by atoms with van der Waals surface area (Å²) in [5.74, 6) is -3.60. The van der Waals surface area contributed by atoms with E-state index in [1.165, 1.54) is 0 Å². The molecular weight excluding hydrogens is 715 g/mol. The number of nitrogens with one attached hydrogen (secondary N) is 1. The van der Waals surface area contributed by atoms with E-state index < -0.39 is 46.3 Å². The smallest absolute Gasteiger partial charge is 0.410 e. The van der Waals surface area contributed by atoms with Crippen LogP contribution in [0.3, 0.4) is 0 Å². The zero-order valence-corrected chi connectivity index (χ0v) is 31.6. The Morgan fingerprint density at radius 3 is 1.93 bits per heavy atom. The van der Waals surface area contributed by atoms with Crippen molar-refractivity contribution in [2.24, 2.45) is 5.92 Å². The quantitative estimate of drug-likeness (QED) is 0.123. The summed E-state index contributed by atoms with van der Waals surface area (Å²) < 4.78 is 42.6. The average molecular weight is 757 g/mol. The van der Waals surface area contributed by atoms with Crippen molar-refractivity contribution in [3.05, 3.63) is 155 Å². The summed E-state index contributed by atoms with van der Waals surface area (Å²) >= 11 is 0. The van der Waals surface area contributed by atoms with Gasteiger partial charge >= 0.3 is 12.1 Å². The van der Waals surface area contributed by atoms with Gasteiger partial charge in [0.2, 0.25) is 5.91 Å². The van der Waals surface area contributed by atoms with Gasteiger partial charge in [0.25, 0.3) is 0 Å². The van der Waals surface area contributed by atoms with Gasteiger partial charge in [-0.1, -0.05) is 97.1 Å². The maximum atomic E-state index is 15.6. The zero-order valence-electron chi connectivity index (χ0n) is 31.6. The van der Waals surface area contributed by atoms with Crippen LogP contribution >= 0.6 is 0 Å². The standard InChI is InChI=1S/C45H42F2N4O5/c1-44(2,3)56-43(54)50-24-14-15-30(28-50)41(52)48-40-36-25-29(34-26-35(42(53)55-4)38(47)27-37(34)46)22-23-39(36)51(49-40)45(31-16-8-5-9-17-31,32-18-10-6-11-19-32)33-20-12-7-13-21-33/h5-13,16-23,25-27,30H,14-15,24,28H2,1-4H3,(H,48,49,52). The zero-order chi connectivity index (χ0) is 39.6. The van der Waals surface area contributed by atoms with Gasteiger partial charge in [-0.3, -0.25) is 4.79 Å². The Labute approximate surface area is 323 Å². The van der Waals surface area contributed by atoms with Crippen LogP contribution in [0.2, 0.25) is 0 Å². The molecule has 1 fully saturated rings. The average Bonchev–Trinajstić information content (AvgIpc) is 3.55. The van der Waals surface area contributed by atoms with E-state index in [0.29, 0.717) is 41.9 Å². The number of likely N-dealkylation sites (tertiary alicyclic amines) is 1. The molecule has 2 amide bonds. The highest BCUT2D eigenvalue weighted by molar-refractivity contribution is 6.03. The summed E-state index contributed by atoms with van der Waals surface area (Å²) in [6.07, 6.45) is 0.649. The molecule has 1 N–H and O–H groups in total. The summed E-state index contributed by atoms with van der Waals surface area (Å²) in [4.78, 5) is 41.2. The number of carbonyl (C=O) groups is 3. The molecule has 0 bridgehead atoms. The summed E-state index contributed by atoms with van der Waals surface area (Å²) in [6, 6.07) is 36.6. The number of esters is 1. The van der Waals surface area contributed by atoms with Crippen LogP contribution in [0.25, 0.3) is 22.0 Å². The van der Waals surface area contributed by atoms with Gasteiger partial charge in [0, 0.05) is 30.1 Å². The number of nitrogens with zero attached hydrogens (tertiary/aromatic N) is 3. The molecule has 0 spiro atoms. The Morgan fingerprint density at radius 2 is 1.38 bits per heavy atom. The number of rotatable bonds is 8. The van der Waals surface area contributed by atoms with E-state index in [2.05, 4.69) is 5.32 Å². The molecule has 1 aliphatic rings. The first-order chi connectivity index (χ1) is 26.9. The van der Waals surface area contributed by atoms with E-state index in [9.17, 15) is 18.8 Å². The van der Waals surface area contributed by atoms with Gasteiger partial charge < -0.3 is 19.7 Å². The first-order valence-corrected chi connectivity index (χ1v) is 18.5. The lowest BCUT2D eigenvalue weighted by Crippen LogP contribution is -2.45. The van der Waals surface area contributed by atoms with Crippen molar-refractivity contribution in [3.8, 4) is 11.1 Å². The fourth-order valence-corrected chi connectivity index (χ4v) is 7.48. The number of piperidine rings is 1. The van der Waals surface area contributed by atoms with E-state index in [1.807, 2.05) is 95.7 Å².